The van der Waals surface area contributed by atoms with Crippen LogP contribution in [0, 0.1) is 6.92 Å². The second-order valence-corrected chi connectivity index (χ2v) is 8.29. The van der Waals surface area contributed by atoms with Crippen molar-refractivity contribution in [3.8, 4) is 11.5 Å². The first-order valence-electron chi connectivity index (χ1n) is 10.3. The minimum atomic E-state index is 0.0181. The van der Waals surface area contributed by atoms with Crippen molar-refractivity contribution in [1.29, 1.82) is 0 Å². The van der Waals surface area contributed by atoms with E-state index in [1.807, 2.05) is 36.0 Å². The smallest absolute Gasteiger partial charge is 0.254 e. The molecule has 30 heavy (non-hydrogen) atoms. The minimum Gasteiger partial charge on any atom is -0.454 e. The van der Waals surface area contributed by atoms with Gasteiger partial charge in [-0.3, -0.25) is 4.79 Å². The average molecular weight is 403 g/mol. The van der Waals surface area contributed by atoms with E-state index in [9.17, 15) is 4.79 Å². The Morgan fingerprint density at radius 3 is 2.63 bits per heavy atom. The van der Waals surface area contributed by atoms with E-state index in [0.29, 0.717) is 23.6 Å². The Morgan fingerprint density at radius 2 is 1.87 bits per heavy atom. The zero-order valence-electron chi connectivity index (χ0n) is 17.5. The molecule has 6 nitrogen and oxygen atoms in total. The summed E-state index contributed by atoms with van der Waals surface area (Å²) in [5.74, 6) is 2.24. The van der Waals surface area contributed by atoms with Crippen molar-refractivity contribution in [3.63, 3.8) is 0 Å². The van der Waals surface area contributed by atoms with Crippen molar-refractivity contribution < 1.29 is 14.3 Å². The molecule has 0 bridgehead atoms. The predicted octanol–water partition coefficient (Wildman–Crippen LogP) is 4.14. The molecular formula is C24H25N3O3. The monoisotopic (exact) mass is 403 g/mol. The van der Waals surface area contributed by atoms with Crippen LogP contribution in [-0.4, -0.2) is 42.7 Å². The number of anilines is 1. The van der Waals surface area contributed by atoms with Gasteiger partial charge in [0.05, 0.1) is 5.52 Å². The second kappa shape index (κ2) is 7.20. The topological polar surface area (TPSA) is 54.9 Å². The van der Waals surface area contributed by atoms with Crippen LogP contribution in [0.4, 0.5) is 5.82 Å². The SMILES string of the molecule is Cc1ccc2cc(CN(C(=O)c3ccc4c(c3)OCO4)C3CC3)c(N(C)C)nc2c1. The normalized spacial score (nSPS) is 14.8. The highest BCUT2D eigenvalue weighted by atomic mass is 16.7. The van der Waals surface area contributed by atoms with Gasteiger partial charge in [0.1, 0.15) is 5.82 Å². The molecule has 3 aromatic rings. The molecule has 0 spiro atoms. The molecule has 1 saturated carbocycles. The summed E-state index contributed by atoms with van der Waals surface area (Å²) in [7, 11) is 3.99. The summed E-state index contributed by atoms with van der Waals surface area (Å²) in [6.45, 7) is 2.80. The molecule has 0 radical (unpaired) electrons. The van der Waals surface area contributed by atoms with Crippen LogP contribution in [0.25, 0.3) is 10.9 Å². The lowest BCUT2D eigenvalue weighted by Crippen LogP contribution is -2.33. The first-order chi connectivity index (χ1) is 14.5. The molecule has 0 saturated heterocycles. The Labute approximate surface area is 176 Å². The third kappa shape index (κ3) is 3.43. The van der Waals surface area contributed by atoms with Crippen LogP contribution in [0.3, 0.4) is 0 Å². The van der Waals surface area contributed by atoms with Crippen LogP contribution in [-0.2, 0) is 6.54 Å². The van der Waals surface area contributed by atoms with Crippen LogP contribution < -0.4 is 14.4 Å². The molecule has 1 aliphatic carbocycles. The second-order valence-electron chi connectivity index (χ2n) is 8.29. The summed E-state index contributed by atoms with van der Waals surface area (Å²) in [6, 6.07) is 14.1. The van der Waals surface area contributed by atoms with Gasteiger partial charge >= 0.3 is 0 Å². The van der Waals surface area contributed by atoms with Crippen LogP contribution in [0.15, 0.2) is 42.5 Å². The van der Waals surface area contributed by atoms with Gasteiger partial charge in [-0.25, -0.2) is 4.98 Å². The number of benzene rings is 2. The highest BCUT2D eigenvalue weighted by Crippen LogP contribution is 2.36. The lowest BCUT2D eigenvalue weighted by molar-refractivity contribution is 0.0729. The first kappa shape index (κ1) is 18.7. The number of hydrogen-bond acceptors (Lipinski definition) is 5. The fraction of sp³-hybridized carbons (Fsp3) is 0.333. The van der Waals surface area contributed by atoms with E-state index in [1.54, 1.807) is 6.07 Å². The van der Waals surface area contributed by atoms with E-state index in [-0.39, 0.29) is 18.7 Å². The molecule has 0 unspecified atom stereocenters. The van der Waals surface area contributed by atoms with Gasteiger partial charge in [-0.2, -0.15) is 0 Å². The Bertz CT molecular complexity index is 1140. The summed E-state index contributed by atoms with van der Waals surface area (Å²) in [4.78, 5) is 22.3. The molecule has 2 aromatic carbocycles. The van der Waals surface area contributed by atoms with E-state index in [4.69, 9.17) is 14.5 Å². The van der Waals surface area contributed by atoms with Gasteiger partial charge in [0.15, 0.2) is 11.5 Å². The zero-order chi connectivity index (χ0) is 20.8. The van der Waals surface area contributed by atoms with E-state index >= 15 is 0 Å². The van der Waals surface area contributed by atoms with Crippen LogP contribution in [0.1, 0.15) is 34.3 Å². The van der Waals surface area contributed by atoms with Crippen molar-refractivity contribution in [1.82, 2.24) is 9.88 Å². The molecule has 1 fully saturated rings. The molecule has 1 aliphatic heterocycles. The summed E-state index contributed by atoms with van der Waals surface area (Å²) in [6.07, 6.45) is 2.07. The van der Waals surface area contributed by atoms with Crippen molar-refractivity contribution in [2.24, 2.45) is 0 Å². The largest absolute Gasteiger partial charge is 0.454 e. The number of carbonyl (C=O) groups is 1. The maximum atomic E-state index is 13.4. The number of carbonyl (C=O) groups excluding carboxylic acids is 1. The summed E-state index contributed by atoms with van der Waals surface area (Å²) >= 11 is 0. The van der Waals surface area contributed by atoms with Gasteiger partial charge in [0, 0.05) is 43.2 Å². The van der Waals surface area contributed by atoms with E-state index in [0.717, 1.165) is 35.1 Å². The molecular weight excluding hydrogens is 378 g/mol. The fourth-order valence-electron chi connectivity index (χ4n) is 3.95. The number of fused-ring (bicyclic) bond motifs is 2. The number of aromatic nitrogens is 1. The number of nitrogens with zero attached hydrogens (tertiary/aromatic N) is 3. The molecule has 5 rings (SSSR count). The highest BCUT2D eigenvalue weighted by molar-refractivity contribution is 5.95. The van der Waals surface area contributed by atoms with Gasteiger partial charge < -0.3 is 19.3 Å². The van der Waals surface area contributed by atoms with Crippen molar-refractivity contribution >= 4 is 22.6 Å². The van der Waals surface area contributed by atoms with Gasteiger partial charge in [-0.15, -0.1) is 0 Å². The van der Waals surface area contributed by atoms with Crippen molar-refractivity contribution in [2.75, 3.05) is 25.8 Å². The fourth-order valence-corrected chi connectivity index (χ4v) is 3.95. The third-order valence-electron chi connectivity index (χ3n) is 5.66. The highest BCUT2D eigenvalue weighted by Gasteiger charge is 2.34. The lowest BCUT2D eigenvalue weighted by Gasteiger charge is -2.26. The standard InChI is InChI=1S/C24H25N3O3/c1-15-4-5-16-11-18(23(26(2)3)25-20(16)10-15)13-27(19-7-8-19)24(28)17-6-9-21-22(12-17)30-14-29-21/h4-6,9-12,19H,7-8,13-14H2,1-3H3. The lowest BCUT2D eigenvalue weighted by atomic mass is 10.1. The van der Waals surface area contributed by atoms with Gasteiger partial charge in [0.25, 0.3) is 5.91 Å². The number of hydrogen-bond donors (Lipinski definition) is 0. The van der Waals surface area contributed by atoms with Crippen LogP contribution >= 0.6 is 0 Å². The average Bonchev–Trinajstić information content (AvgIpc) is 3.46. The molecule has 0 N–H and O–H groups in total. The number of aryl methyl sites for hydroxylation is 1. The summed E-state index contributed by atoms with van der Waals surface area (Å²) < 4.78 is 10.8. The molecule has 1 amide bonds. The van der Waals surface area contributed by atoms with Gasteiger partial charge in [-0.05, 0) is 55.7 Å². The molecule has 6 heteroatoms. The molecule has 154 valence electrons. The summed E-state index contributed by atoms with van der Waals surface area (Å²) in [5.41, 5.74) is 3.84. The number of rotatable bonds is 5. The maximum absolute atomic E-state index is 13.4. The van der Waals surface area contributed by atoms with Crippen molar-refractivity contribution in [3.05, 3.63) is 59.2 Å². The first-order valence-corrected chi connectivity index (χ1v) is 10.3. The Balaban J connectivity index is 1.50. The Morgan fingerprint density at radius 1 is 1.07 bits per heavy atom. The number of ether oxygens (including phenoxy) is 2. The Kier molecular flexibility index (Phi) is 4.50. The quantitative estimate of drug-likeness (QED) is 0.641. The third-order valence-corrected chi connectivity index (χ3v) is 5.66. The van der Waals surface area contributed by atoms with Crippen molar-refractivity contribution in [2.45, 2.75) is 32.4 Å². The minimum absolute atomic E-state index is 0.0181. The van der Waals surface area contributed by atoms with E-state index in [2.05, 4.69) is 31.2 Å². The van der Waals surface area contributed by atoms with Gasteiger partial charge in [0.2, 0.25) is 6.79 Å². The zero-order valence-corrected chi connectivity index (χ0v) is 17.5. The molecule has 2 heterocycles. The number of pyridine rings is 1. The number of amides is 1. The molecule has 2 aliphatic rings. The molecule has 1 aromatic heterocycles. The predicted molar refractivity (Wildman–Crippen MR) is 116 cm³/mol. The summed E-state index contributed by atoms with van der Waals surface area (Å²) in [5, 5.41) is 1.09. The Hall–Kier alpha value is -3.28. The van der Waals surface area contributed by atoms with Crippen LogP contribution in [0.5, 0.6) is 11.5 Å². The van der Waals surface area contributed by atoms with E-state index in [1.165, 1.54) is 5.56 Å². The van der Waals surface area contributed by atoms with E-state index < -0.39 is 0 Å². The van der Waals surface area contributed by atoms with Gasteiger partial charge in [-0.1, -0.05) is 12.1 Å². The molecule has 0 atom stereocenters. The van der Waals surface area contributed by atoms with Crippen LogP contribution in [0.2, 0.25) is 0 Å². The maximum Gasteiger partial charge on any atom is 0.254 e.